The van der Waals surface area contributed by atoms with Crippen molar-refractivity contribution < 1.29 is 4.74 Å². The molecule has 0 saturated carbocycles. The lowest BCUT2D eigenvalue weighted by Crippen LogP contribution is -2.35. The quantitative estimate of drug-likeness (QED) is 0.898. The maximum atomic E-state index is 6.01. The third kappa shape index (κ3) is 4.21. The summed E-state index contributed by atoms with van der Waals surface area (Å²) in [6.45, 7) is 3.67. The number of methoxy groups -OCH3 is 1. The van der Waals surface area contributed by atoms with E-state index in [1.54, 1.807) is 7.11 Å². The topological polar surface area (TPSA) is 38.5 Å². The molecular formula is C15H24N2OS. The average Bonchev–Trinajstić information content (AvgIpc) is 2.71. The number of thioether (sulfide) groups is 1. The summed E-state index contributed by atoms with van der Waals surface area (Å²) < 4.78 is 5.15. The maximum absolute atomic E-state index is 6.01. The maximum Gasteiger partial charge on any atom is 0.0713 e. The molecule has 1 aliphatic heterocycles. The third-order valence-corrected chi connectivity index (χ3v) is 4.64. The second-order valence-corrected chi connectivity index (χ2v) is 6.15. The van der Waals surface area contributed by atoms with E-state index in [0.717, 1.165) is 13.1 Å². The van der Waals surface area contributed by atoms with E-state index in [2.05, 4.69) is 40.9 Å². The predicted octanol–water partition coefficient (Wildman–Crippen LogP) is 2.27. The van der Waals surface area contributed by atoms with Crippen LogP contribution in [0.2, 0.25) is 0 Å². The number of benzene rings is 1. The minimum absolute atomic E-state index is 0.357. The second-order valence-electron chi connectivity index (χ2n) is 4.93. The van der Waals surface area contributed by atoms with E-state index in [-0.39, 0.29) is 0 Å². The SMILES string of the molecule is COCc1ccc(C(CN)N2CCCSCC2)cc1. The summed E-state index contributed by atoms with van der Waals surface area (Å²) in [4.78, 5) is 2.53. The van der Waals surface area contributed by atoms with Gasteiger partial charge in [-0.3, -0.25) is 4.90 Å². The fraction of sp³-hybridized carbons (Fsp3) is 0.600. The number of rotatable bonds is 5. The van der Waals surface area contributed by atoms with Crippen LogP contribution >= 0.6 is 11.8 Å². The van der Waals surface area contributed by atoms with Crippen LogP contribution < -0.4 is 5.73 Å². The van der Waals surface area contributed by atoms with Gasteiger partial charge >= 0.3 is 0 Å². The Morgan fingerprint density at radius 2 is 2.05 bits per heavy atom. The van der Waals surface area contributed by atoms with Crippen molar-refractivity contribution in [2.45, 2.75) is 19.1 Å². The van der Waals surface area contributed by atoms with Gasteiger partial charge < -0.3 is 10.5 Å². The van der Waals surface area contributed by atoms with Gasteiger partial charge in [-0.1, -0.05) is 24.3 Å². The zero-order valence-corrected chi connectivity index (χ0v) is 12.5. The van der Waals surface area contributed by atoms with Gasteiger partial charge in [0.1, 0.15) is 0 Å². The van der Waals surface area contributed by atoms with Crippen LogP contribution in [0.4, 0.5) is 0 Å². The first-order chi connectivity index (χ1) is 9.35. The van der Waals surface area contributed by atoms with Crippen molar-refractivity contribution in [1.82, 2.24) is 4.90 Å². The molecule has 1 saturated heterocycles. The van der Waals surface area contributed by atoms with Gasteiger partial charge in [0.15, 0.2) is 0 Å². The molecule has 2 N–H and O–H groups in total. The summed E-state index contributed by atoms with van der Waals surface area (Å²) >= 11 is 2.05. The van der Waals surface area contributed by atoms with Gasteiger partial charge in [0.05, 0.1) is 6.61 Å². The fourth-order valence-electron chi connectivity index (χ4n) is 2.58. The molecule has 1 atom stereocenters. The van der Waals surface area contributed by atoms with Crippen molar-refractivity contribution in [3.05, 3.63) is 35.4 Å². The van der Waals surface area contributed by atoms with E-state index in [9.17, 15) is 0 Å². The molecule has 106 valence electrons. The lowest BCUT2D eigenvalue weighted by Gasteiger charge is -2.29. The molecule has 2 rings (SSSR count). The second kappa shape index (κ2) is 7.90. The van der Waals surface area contributed by atoms with Gasteiger partial charge in [0.2, 0.25) is 0 Å². The Kier molecular flexibility index (Phi) is 6.17. The van der Waals surface area contributed by atoms with Crippen LogP contribution in [-0.2, 0) is 11.3 Å². The average molecular weight is 280 g/mol. The molecule has 4 heteroatoms. The molecule has 1 aromatic rings. The van der Waals surface area contributed by atoms with Crippen LogP contribution in [0, 0.1) is 0 Å². The third-order valence-electron chi connectivity index (χ3n) is 3.60. The zero-order chi connectivity index (χ0) is 13.5. The highest BCUT2D eigenvalue weighted by molar-refractivity contribution is 7.99. The first-order valence-corrected chi connectivity index (χ1v) is 8.10. The molecule has 0 radical (unpaired) electrons. The molecule has 0 bridgehead atoms. The molecule has 1 heterocycles. The Morgan fingerprint density at radius 1 is 1.26 bits per heavy atom. The smallest absolute Gasteiger partial charge is 0.0713 e. The monoisotopic (exact) mass is 280 g/mol. The molecular weight excluding hydrogens is 256 g/mol. The Bertz CT molecular complexity index is 361. The zero-order valence-electron chi connectivity index (χ0n) is 11.7. The van der Waals surface area contributed by atoms with Crippen molar-refractivity contribution in [3.63, 3.8) is 0 Å². The summed E-state index contributed by atoms with van der Waals surface area (Å²) in [5, 5.41) is 0. The van der Waals surface area contributed by atoms with Crippen LogP contribution in [0.5, 0.6) is 0 Å². The molecule has 0 aliphatic carbocycles. The highest BCUT2D eigenvalue weighted by Gasteiger charge is 2.20. The van der Waals surface area contributed by atoms with Gasteiger partial charge in [0, 0.05) is 32.0 Å². The van der Waals surface area contributed by atoms with Crippen LogP contribution in [0.15, 0.2) is 24.3 Å². The summed E-state index contributed by atoms with van der Waals surface area (Å²) in [6.07, 6.45) is 1.27. The van der Waals surface area contributed by atoms with Crippen LogP contribution in [0.3, 0.4) is 0 Å². The van der Waals surface area contributed by atoms with Gasteiger partial charge in [-0.15, -0.1) is 0 Å². The Morgan fingerprint density at radius 3 is 2.74 bits per heavy atom. The van der Waals surface area contributed by atoms with E-state index in [1.807, 2.05) is 0 Å². The molecule has 0 spiro atoms. The van der Waals surface area contributed by atoms with Crippen molar-refractivity contribution in [2.24, 2.45) is 5.73 Å². The predicted molar refractivity (Wildman–Crippen MR) is 82.5 cm³/mol. The molecule has 1 unspecified atom stereocenters. The number of nitrogens with zero attached hydrogens (tertiary/aromatic N) is 1. The highest BCUT2D eigenvalue weighted by atomic mass is 32.2. The first kappa shape index (κ1) is 14.9. The van der Waals surface area contributed by atoms with Gasteiger partial charge in [-0.2, -0.15) is 11.8 Å². The van der Waals surface area contributed by atoms with Crippen LogP contribution in [0.1, 0.15) is 23.6 Å². The molecule has 1 fully saturated rings. The summed E-state index contributed by atoms with van der Waals surface area (Å²) in [5.74, 6) is 2.50. The highest BCUT2D eigenvalue weighted by Crippen LogP contribution is 2.23. The van der Waals surface area contributed by atoms with Crippen molar-refractivity contribution in [1.29, 1.82) is 0 Å². The van der Waals surface area contributed by atoms with Crippen LogP contribution in [-0.4, -0.2) is 43.1 Å². The lowest BCUT2D eigenvalue weighted by atomic mass is 10.0. The van der Waals surface area contributed by atoms with E-state index in [4.69, 9.17) is 10.5 Å². The van der Waals surface area contributed by atoms with E-state index in [1.165, 1.54) is 29.1 Å². The first-order valence-electron chi connectivity index (χ1n) is 6.95. The minimum Gasteiger partial charge on any atom is -0.380 e. The van der Waals surface area contributed by atoms with E-state index >= 15 is 0 Å². The van der Waals surface area contributed by atoms with Crippen molar-refractivity contribution in [3.8, 4) is 0 Å². The molecule has 1 aromatic carbocycles. The van der Waals surface area contributed by atoms with E-state index in [0.29, 0.717) is 19.2 Å². The Labute approximate surface area is 120 Å². The molecule has 3 nitrogen and oxygen atoms in total. The van der Waals surface area contributed by atoms with E-state index < -0.39 is 0 Å². The summed E-state index contributed by atoms with van der Waals surface area (Å²) in [5.41, 5.74) is 8.55. The number of hydrogen-bond donors (Lipinski definition) is 1. The van der Waals surface area contributed by atoms with Gasteiger partial charge in [-0.25, -0.2) is 0 Å². The molecule has 0 aromatic heterocycles. The molecule has 1 aliphatic rings. The lowest BCUT2D eigenvalue weighted by molar-refractivity contribution is 0.184. The van der Waals surface area contributed by atoms with Crippen molar-refractivity contribution >= 4 is 11.8 Å². The van der Waals surface area contributed by atoms with Gasteiger partial charge in [0.25, 0.3) is 0 Å². The molecule has 19 heavy (non-hydrogen) atoms. The van der Waals surface area contributed by atoms with Crippen LogP contribution in [0.25, 0.3) is 0 Å². The van der Waals surface area contributed by atoms with Gasteiger partial charge in [-0.05, 0) is 29.8 Å². The number of nitrogens with two attached hydrogens (primary N) is 1. The summed E-state index contributed by atoms with van der Waals surface area (Å²) in [7, 11) is 1.73. The van der Waals surface area contributed by atoms with Crippen molar-refractivity contribution in [2.75, 3.05) is 38.2 Å². The minimum atomic E-state index is 0.357. The summed E-state index contributed by atoms with van der Waals surface area (Å²) in [6, 6.07) is 9.05. The standard InChI is InChI=1S/C15H24N2OS/c1-18-12-13-3-5-14(6-4-13)15(11-16)17-7-2-9-19-10-8-17/h3-6,15H,2,7-12,16H2,1H3. The molecule has 0 amide bonds. The number of ether oxygens (including phenoxy) is 1. The Balaban J connectivity index is 2.06. The largest absolute Gasteiger partial charge is 0.380 e. The Hall–Kier alpha value is -0.550. The fourth-order valence-corrected chi connectivity index (χ4v) is 3.48. The number of hydrogen-bond acceptors (Lipinski definition) is 4. The normalized spacial score (nSPS) is 19.1.